The molecule has 1 heterocycles. The normalized spacial score (nSPS) is 14.3. The molecular weight excluding hydrogens is 320 g/mol. The lowest BCUT2D eigenvalue weighted by Gasteiger charge is -2.14. The molecule has 0 bridgehead atoms. The second-order valence-electron chi connectivity index (χ2n) is 7.63. The van der Waals surface area contributed by atoms with Gasteiger partial charge in [0.05, 0.1) is 17.6 Å². The van der Waals surface area contributed by atoms with Gasteiger partial charge in [-0.2, -0.15) is 0 Å². The van der Waals surface area contributed by atoms with Crippen molar-refractivity contribution in [2.75, 3.05) is 6.61 Å². The highest BCUT2D eigenvalue weighted by Gasteiger charge is 2.29. The minimum atomic E-state index is 0.490. The van der Waals surface area contributed by atoms with Crippen molar-refractivity contribution in [3.63, 3.8) is 0 Å². The molecule has 136 valence electrons. The molecule has 1 saturated carbocycles. The van der Waals surface area contributed by atoms with Gasteiger partial charge in [-0.25, -0.2) is 4.98 Å². The lowest BCUT2D eigenvalue weighted by Crippen LogP contribution is -2.06. The summed E-state index contributed by atoms with van der Waals surface area (Å²) in [6, 6.07) is 16.9. The minimum Gasteiger partial charge on any atom is -0.493 e. The van der Waals surface area contributed by atoms with Crippen molar-refractivity contribution in [3.05, 3.63) is 59.9 Å². The van der Waals surface area contributed by atoms with Gasteiger partial charge in [-0.3, -0.25) is 0 Å². The Bertz CT molecular complexity index is 877. The zero-order valence-corrected chi connectivity index (χ0v) is 15.8. The van der Waals surface area contributed by atoms with E-state index in [2.05, 4.69) is 66.9 Å². The third-order valence-corrected chi connectivity index (χ3v) is 5.20. The van der Waals surface area contributed by atoms with Crippen LogP contribution < -0.4 is 4.74 Å². The van der Waals surface area contributed by atoms with E-state index in [1.807, 2.05) is 0 Å². The van der Waals surface area contributed by atoms with Crippen LogP contribution in [0, 0.1) is 0 Å². The Balaban J connectivity index is 1.36. The molecule has 0 N–H and O–H groups in total. The Kier molecular flexibility index (Phi) is 4.96. The van der Waals surface area contributed by atoms with Crippen LogP contribution in [0.25, 0.3) is 11.0 Å². The first-order valence-electron chi connectivity index (χ1n) is 9.91. The third-order valence-electron chi connectivity index (χ3n) is 5.20. The number of benzene rings is 2. The minimum absolute atomic E-state index is 0.490. The highest BCUT2D eigenvalue weighted by atomic mass is 16.5. The first-order chi connectivity index (χ1) is 12.7. The van der Waals surface area contributed by atoms with Crippen LogP contribution in [0.3, 0.4) is 0 Å². The molecule has 0 atom stereocenters. The molecule has 2 aromatic carbocycles. The number of nitrogens with zero attached hydrogens (tertiary/aromatic N) is 2. The maximum absolute atomic E-state index is 6.07. The number of fused-ring (bicyclic) bond motifs is 1. The SMILES string of the molecule is CC(C)c1ccccc1OCCCCn1c(C2CC2)nc2ccccc21. The van der Waals surface area contributed by atoms with E-state index in [0.717, 1.165) is 37.3 Å². The molecule has 1 aliphatic rings. The van der Waals surface area contributed by atoms with Gasteiger partial charge >= 0.3 is 0 Å². The van der Waals surface area contributed by atoms with Gasteiger partial charge in [0, 0.05) is 12.5 Å². The van der Waals surface area contributed by atoms with E-state index in [1.54, 1.807) is 0 Å². The largest absolute Gasteiger partial charge is 0.493 e. The molecule has 0 spiro atoms. The maximum atomic E-state index is 6.07. The maximum Gasteiger partial charge on any atom is 0.122 e. The van der Waals surface area contributed by atoms with E-state index in [4.69, 9.17) is 9.72 Å². The topological polar surface area (TPSA) is 27.1 Å². The van der Waals surface area contributed by atoms with E-state index >= 15 is 0 Å². The van der Waals surface area contributed by atoms with Gasteiger partial charge in [-0.1, -0.05) is 44.2 Å². The van der Waals surface area contributed by atoms with E-state index in [1.165, 1.54) is 29.7 Å². The van der Waals surface area contributed by atoms with Gasteiger partial charge in [0.1, 0.15) is 11.6 Å². The van der Waals surface area contributed by atoms with Gasteiger partial charge in [0.25, 0.3) is 0 Å². The quantitative estimate of drug-likeness (QED) is 0.474. The number of aryl methyl sites for hydroxylation is 1. The summed E-state index contributed by atoms with van der Waals surface area (Å²) in [6.45, 7) is 6.23. The van der Waals surface area contributed by atoms with Crippen molar-refractivity contribution in [2.45, 2.75) is 57.9 Å². The number of para-hydroxylation sites is 3. The van der Waals surface area contributed by atoms with Crippen molar-refractivity contribution in [1.29, 1.82) is 0 Å². The summed E-state index contributed by atoms with van der Waals surface area (Å²) < 4.78 is 8.51. The highest BCUT2D eigenvalue weighted by molar-refractivity contribution is 5.76. The molecule has 3 aromatic rings. The number of ether oxygens (including phenoxy) is 1. The predicted octanol–water partition coefficient (Wildman–Crippen LogP) is 5.90. The highest BCUT2D eigenvalue weighted by Crippen LogP contribution is 2.40. The summed E-state index contributed by atoms with van der Waals surface area (Å²) in [7, 11) is 0. The van der Waals surface area contributed by atoms with Crippen molar-refractivity contribution < 1.29 is 4.74 Å². The summed E-state index contributed by atoms with van der Waals surface area (Å²) in [5.41, 5.74) is 3.71. The van der Waals surface area contributed by atoms with Crippen LogP contribution in [0.5, 0.6) is 5.75 Å². The fourth-order valence-corrected chi connectivity index (χ4v) is 3.63. The molecule has 0 saturated heterocycles. The van der Waals surface area contributed by atoms with Crippen molar-refractivity contribution in [1.82, 2.24) is 9.55 Å². The van der Waals surface area contributed by atoms with Crippen LogP contribution in [0.1, 0.15) is 62.8 Å². The lowest BCUT2D eigenvalue weighted by atomic mass is 10.0. The Hall–Kier alpha value is -2.29. The van der Waals surface area contributed by atoms with E-state index < -0.39 is 0 Å². The second kappa shape index (κ2) is 7.53. The first kappa shape index (κ1) is 17.1. The molecule has 1 fully saturated rings. The van der Waals surface area contributed by atoms with Crippen molar-refractivity contribution in [2.24, 2.45) is 0 Å². The molecule has 4 rings (SSSR count). The average Bonchev–Trinajstić information content (AvgIpc) is 3.44. The molecule has 0 amide bonds. The van der Waals surface area contributed by atoms with Crippen LogP contribution in [-0.4, -0.2) is 16.2 Å². The summed E-state index contributed by atoms with van der Waals surface area (Å²) in [5.74, 6) is 3.49. The molecule has 0 radical (unpaired) electrons. The predicted molar refractivity (Wildman–Crippen MR) is 107 cm³/mol. The number of hydrogen-bond donors (Lipinski definition) is 0. The van der Waals surface area contributed by atoms with Gasteiger partial charge in [0.2, 0.25) is 0 Å². The summed E-state index contributed by atoms with van der Waals surface area (Å²) in [6.07, 6.45) is 4.75. The van der Waals surface area contributed by atoms with E-state index in [9.17, 15) is 0 Å². The zero-order valence-electron chi connectivity index (χ0n) is 15.8. The van der Waals surface area contributed by atoms with Crippen LogP contribution in [-0.2, 0) is 6.54 Å². The standard InChI is InChI=1S/C23H28N2O/c1-17(2)19-9-3-6-12-22(19)26-16-8-7-15-25-21-11-5-4-10-20(21)24-23(25)18-13-14-18/h3-6,9-12,17-18H,7-8,13-16H2,1-2H3. The van der Waals surface area contributed by atoms with Gasteiger partial charge in [-0.05, 0) is 55.4 Å². The summed E-state index contributed by atoms with van der Waals surface area (Å²) in [4.78, 5) is 4.88. The fourth-order valence-electron chi connectivity index (χ4n) is 3.63. The number of imidazole rings is 1. The fraction of sp³-hybridized carbons (Fsp3) is 0.435. The Labute approximate surface area is 156 Å². The van der Waals surface area contributed by atoms with Gasteiger partial charge in [-0.15, -0.1) is 0 Å². The second-order valence-corrected chi connectivity index (χ2v) is 7.63. The monoisotopic (exact) mass is 348 g/mol. The molecule has 3 nitrogen and oxygen atoms in total. The Morgan fingerprint density at radius 2 is 1.81 bits per heavy atom. The van der Waals surface area contributed by atoms with E-state index in [-0.39, 0.29) is 0 Å². The molecule has 1 aromatic heterocycles. The average molecular weight is 348 g/mol. The lowest BCUT2D eigenvalue weighted by molar-refractivity contribution is 0.299. The Morgan fingerprint density at radius 1 is 1.04 bits per heavy atom. The smallest absolute Gasteiger partial charge is 0.122 e. The molecule has 1 aliphatic carbocycles. The first-order valence-corrected chi connectivity index (χ1v) is 9.91. The summed E-state index contributed by atoms with van der Waals surface area (Å²) >= 11 is 0. The molecule has 0 unspecified atom stereocenters. The molecule has 26 heavy (non-hydrogen) atoms. The summed E-state index contributed by atoms with van der Waals surface area (Å²) in [5, 5.41) is 0. The Morgan fingerprint density at radius 3 is 2.62 bits per heavy atom. The zero-order chi connectivity index (χ0) is 17.9. The number of unbranched alkanes of at least 4 members (excludes halogenated alkanes) is 1. The van der Waals surface area contributed by atoms with Crippen LogP contribution in [0.2, 0.25) is 0 Å². The van der Waals surface area contributed by atoms with Gasteiger partial charge < -0.3 is 9.30 Å². The molecular formula is C23H28N2O. The van der Waals surface area contributed by atoms with Crippen LogP contribution >= 0.6 is 0 Å². The van der Waals surface area contributed by atoms with Crippen molar-refractivity contribution in [3.8, 4) is 5.75 Å². The third kappa shape index (κ3) is 3.62. The number of aromatic nitrogens is 2. The number of hydrogen-bond acceptors (Lipinski definition) is 2. The van der Waals surface area contributed by atoms with E-state index in [0.29, 0.717) is 11.8 Å². The molecule has 0 aliphatic heterocycles. The van der Waals surface area contributed by atoms with Crippen molar-refractivity contribution >= 4 is 11.0 Å². The number of rotatable bonds is 8. The van der Waals surface area contributed by atoms with Crippen LogP contribution in [0.4, 0.5) is 0 Å². The van der Waals surface area contributed by atoms with Crippen LogP contribution in [0.15, 0.2) is 48.5 Å². The molecule has 3 heteroatoms. The van der Waals surface area contributed by atoms with Gasteiger partial charge in [0.15, 0.2) is 0 Å².